The van der Waals surface area contributed by atoms with E-state index in [1.165, 1.54) is 5.57 Å². The Balaban J connectivity index is 1.68. The highest BCUT2D eigenvalue weighted by atomic mass is 16.3. The molecule has 0 heterocycles. The number of carbonyl (C=O) groups excluding carboxylic acids is 1. The fourth-order valence-electron chi connectivity index (χ4n) is 6.96. The van der Waals surface area contributed by atoms with E-state index in [2.05, 4.69) is 13.8 Å². The Morgan fingerprint density at radius 1 is 1.26 bits per heavy atom. The van der Waals surface area contributed by atoms with E-state index < -0.39 is 5.60 Å². The molecule has 0 aromatic rings. The summed E-state index contributed by atoms with van der Waals surface area (Å²) in [4.78, 5) is 11.8. The molecule has 0 aliphatic heterocycles. The number of allylic oxidation sites excluding steroid dienone is 1. The maximum atomic E-state index is 11.8. The lowest BCUT2D eigenvalue weighted by Crippen LogP contribution is -2.55. The number of rotatable bonds is 1. The van der Waals surface area contributed by atoms with Gasteiger partial charge in [-0.1, -0.05) is 19.4 Å². The number of carbonyl (C=O) groups is 1. The Morgan fingerprint density at radius 2 is 2.04 bits per heavy atom. The minimum Gasteiger partial charge on any atom is -0.393 e. The number of hydrogen-bond donors (Lipinski definition) is 2. The number of aliphatic hydroxyl groups excluding tert-OH is 1. The van der Waals surface area contributed by atoms with Crippen LogP contribution in [-0.2, 0) is 4.79 Å². The summed E-state index contributed by atoms with van der Waals surface area (Å²) >= 11 is 0. The highest BCUT2D eigenvalue weighted by Gasteiger charge is 2.63. The van der Waals surface area contributed by atoms with Crippen molar-refractivity contribution in [3.05, 3.63) is 11.6 Å². The van der Waals surface area contributed by atoms with Crippen LogP contribution in [0.2, 0.25) is 0 Å². The van der Waals surface area contributed by atoms with Crippen molar-refractivity contribution in [2.24, 2.45) is 35.0 Å². The minimum absolute atomic E-state index is 0.102. The second-order valence-electron chi connectivity index (χ2n) is 9.04. The molecule has 0 aromatic heterocycles. The molecular formula is C20H30O3. The van der Waals surface area contributed by atoms with Gasteiger partial charge in [0.05, 0.1) is 12.2 Å². The van der Waals surface area contributed by atoms with Crippen molar-refractivity contribution in [3.8, 4) is 0 Å². The van der Waals surface area contributed by atoms with Crippen LogP contribution in [-0.4, -0.2) is 28.2 Å². The van der Waals surface area contributed by atoms with Gasteiger partial charge in [0.2, 0.25) is 0 Å². The van der Waals surface area contributed by atoms with Crippen molar-refractivity contribution >= 4 is 5.78 Å². The van der Waals surface area contributed by atoms with E-state index in [4.69, 9.17) is 0 Å². The minimum atomic E-state index is -0.888. The summed E-state index contributed by atoms with van der Waals surface area (Å²) < 4.78 is 0. The van der Waals surface area contributed by atoms with Gasteiger partial charge >= 0.3 is 0 Å². The summed E-state index contributed by atoms with van der Waals surface area (Å²) in [7, 11) is 0. The smallest absolute Gasteiger partial charge is 0.155 e. The van der Waals surface area contributed by atoms with Crippen LogP contribution in [0.25, 0.3) is 0 Å². The zero-order chi connectivity index (χ0) is 16.4. The van der Waals surface area contributed by atoms with Crippen LogP contribution >= 0.6 is 0 Å². The van der Waals surface area contributed by atoms with E-state index in [1.807, 2.05) is 6.08 Å². The zero-order valence-electron chi connectivity index (χ0n) is 14.4. The Labute approximate surface area is 139 Å². The first-order valence-electron chi connectivity index (χ1n) is 9.46. The van der Waals surface area contributed by atoms with Gasteiger partial charge in [-0.25, -0.2) is 0 Å². The van der Waals surface area contributed by atoms with E-state index in [1.54, 1.807) is 0 Å². The molecule has 128 valence electrons. The number of hydrogen-bond acceptors (Lipinski definition) is 3. The van der Waals surface area contributed by atoms with Crippen molar-refractivity contribution in [1.29, 1.82) is 0 Å². The largest absolute Gasteiger partial charge is 0.393 e. The molecule has 0 saturated heterocycles. The molecular weight excluding hydrogens is 288 g/mol. The molecule has 0 bridgehead atoms. The van der Waals surface area contributed by atoms with Crippen LogP contribution in [0, 0.1) is 35.0 Å². The summed E-state index contributed by atoms with van der Waals surface area (Å²) in [6, 6.07) is 0. The summed E-state index contributed by atoms with van der Waals surface area (Å²) in [6.07, 6.45) is 8.70. The van der Waals surface area contributed by atoms with Crippen LogP contribution < -0.4 is 0 Å². The number of ketones is 1. The fraction of sp³-hybridized carbons (Fsp3) is 0.850. The van der Waals surface area contributed by atoms with Gasteiger partial charge in [-0.2, -0.15) is 0 Å². The van der Waals surface area contributed by atoms with Crippen LogP contribution in [0.5, 0.6) is 0 Å². The third kappa shape index (κ3) is 2.05. The first kappa shape index (κ1) is 15.8. The molecule has 23 heavy (non-hydrogen) atoms. The lowest BCUT2D eigenvalue weighted by molar-refractivity contribution is -0.145. The van der Waals surface area contributed by atoms with Gasteiger partial charge in [0.25, 0.3) is 0 Å². The Morgan fingerprint density at radius 3 is 2.78 bits per heavy atom. The van der Waals surface area contributed by atoms with E-state index in [9.17, 15) is 15.0 Å². The maximum absolute atomic E-state index is 11.8. The van der Waals surface area contributed by atoms with Crippen LogP contribution in [0.4, 0.5) is 0 Å². The Hall–Kier alpha value is -0.670. The monoisotopic (exact) mass is 318 g/mol. The van der Waals surface area contributed by atoms with Crippen LogP contribution in [0.3, 0.4) is 0 Å². The van der Waals surface area contributed by atoms with Gasteiger partial charge in [-0.3, -0.25) is 4.79 Å². The molecule has 0 radical (unpaired) electrons. The zero-order valence-corrected chi connectivity index (χ0v) is 14.4. The molecule has 3 fully saturated rings. The van der Waals surface area contributed by atoms with Gasteiger partial charge < -0.3 is 10.2 Å². The summed E-state index contributed by atoms with van der Waals surface area (Å²) in [5.41, 5.74) is 0.387. The summed E-state index contributed by atoms with van der Waals surface area (Å²) in [5.74, 6) is 3.34. The highest BCUT2D eigenvalue weighted by Crippen LogP contribution is 2.65. The average Bonchev–Trinajstić information content (AvgIpc) is 2.79. The van der Waals surface area contributed by atoms with E-state index in [0.717, 1.165) is 38.5 Å². The molecule has 0 amide bonds. The Bertz CT molecular complexity index is 553. The average molecular weight is 318 g/mol. The molecule has 4 rings (SSSR count). The van der Waals surface area contributed by atoms with Crippen LogP contribution in [0.15, 0.2) is 11.6 Å². The molecule has 3 saturated carbocycles. The molecule has 4 aliphatic carbocycles. The van der Waals surface area contributed by atoms with Crippen molar-refractivity contribution in [3.63, 3.8) is 0 Å². The predicted octanol–water partition coefficient (Wildman–Crippen LogP) is 3.10. The molecule has 0 spiro atoms. The van der Waals surface area contributed by atoms with E-state index in [0.29, 0.717) is 41.8 Å². The number of aliphatic hydroxyl groups is 2. The second-order valence-corrected chi connectivity index (χ2v) is 9.04. The van der Waals surface area contributed by atoms with Gasteiger partial charge in [0.1, 0.15) is 0 Å². The van der Waals surface area contributed by atoms with E-state index >= 15 is 0 Å². The SMILES string of the molecule is C[C@@H]1CC2=CC(=O)CC[C@@H]2[C@H]2CC[C@@]3(C)[C@H](CC[C@]3(O)CO)[C@@H]21. The molecule has 0 aromatic carbocycles. The maximum Gasteiger partial charge on any atom is 0.155 e. The van der Waals surface area contributed by atoms with Gasteiger partial charge in [-0.15, -0.1) is 0 Å². The molecule has 3 nitrogen and oxygen atoms in total. The summed E-state index contributed by atoms with van der Waals surface area (Å²) in [6.45, 7) is 4.46. The fourth-order valence-corrected chi connectivity index (χ4v) is 6.96. The van der Waals surface area contributed by atoms with Gasteiger partial charge in [0, 0.05) is 11.8 Å². The lowest BCUT2D eigenvalue weighted by Gasteiger charge is -2.57. The van der Waals surface area contributed by atoms with Crippen molar-refractivity contribution in [1.82, 2.24) is 0 Å². The molecule has 4 aliphatic rings. The topological polar surface area (TPSA) is 57.5 Å². The van der Waals surface area contributed by atoms with E-state index in [-0.39, 0.29) is 12.0 Å². The molecule has 0 unspecified atom stereocenters. The first-order chi connectivity index (χ1) is 10.9. The lowest BCUT2D eigenvalue weighted by atomic mass is 9.48. The molecule has 7 atom stereocenters. The van der Waals surface area contributed by atoms with Crippen molar-refractivity contribution in [2.75, 3.05) is 6.61 Å². The van der Waals surface area contributed by atoms with Crippen molar-refractivity contribution < 1.29 is 15.0 Å². The molecule has 3 heteroatoms. The third-order valence-electron chi connectivity index (χ3n) is 8.22. The normalized spacial score (nSPS) is 52.4. The van der Waals surface area contributed by atoms with Crippen LogP contribution in [0.1, 0.15) is 58.8 Å². The molecule has 2 N–H and O–H groups in total. The highest BCUT2D eigenvalue weighted by molar-refractivity contribution is 5.91. The first-order valence-corrected chi connectivity index (χ1v) is 9.46. The third-order valence-corrected chi connectivity index (χ3v) is 8.22. The van der Waals surface area contributed by atoms with Gasteiger partial charge in [-0.05, 0) is 74.2 Å². The second kappa shape index (κ2) is 5.16. The summed E-state index contributed by atoms with van der Waals surface area (Å²) in [5, 5.41) is 20.8. The Kier molecular flexibility index (Phi) is 3.55. The quantitative estimate of drug-likeness (QED) is 0.781. The number of fused-ring (bicyclic) bond motifs is 5. The van der Waals surface area contributed by atoms with Crippen molar-refractivity contribution in [2.45, 2.75) is 64.4 Å². The standard InChI is InChI=1S/C20H30O3/c1-12-9-13-10-14(22)3-4-15(13)16-5-7-19(2)17(18(12)16)6-8-20(19,23)11-21/h10,12,15-18,21,23H,3-9,11H2,1-2H3/t12-,15+,16-,17-,18-,19+,20+/m1/s1. The van der Waals surface area contributed by atoms with Gasteiger partial charge in [0.15, 0.2) is 5.78 Å². The predicted molar refractivity (Wildman–Crippen MR) is 88.7 cm³/mol.